The predicted molar refractivity (Wildman–Crippen MR) is 134 cm³/mol. The highest BCUT2D eigenvalue weighted by molar-refractivity contribution is 8.03. The summed E-state index contributed by atoms with van der Waals surface area (Å²) in [6.45, 7) is 3.20. The van der Waals surface area contributed by atoms with Gasteiger partial charge in [-0.05, 0) is 30.4 Å². The molecule has 7 heteroatoms. The van der Waals surface area contributed by atoms with Crippen molar-refractivity contribution in [2.24, 2.45) is 0 Å². The number of carbonyl (C=O) groups is 2. The number of hydrogen-bond acceptors (Lipinski definition) is 6. The number of cyclic esters (lactones) is 1. The lowest BCUT2D eigenvalue weighted by Gasteiger charge is -2.37. The highest BCUT2D eigenvalue weighted by Gasteiger charge is 2.43. The summed E-state index contributed by atoms with van der Waals surface area (Å²) in [7, 11) is 0. The van der Waals surface area contributed by atoms with E-state index in [0.717, 1.165) is 50.1 Å². The summed E-state index contributed by atoms with van der Waals surface area (Å²) in [5.41, 5.74) is 1.03. The van der Waals surface area contributed by atoms with Gasteiger partial charge in [0.15, 0.2) is 0 Å². The summed E-state index contributed by atoms with van der Waals surface area (Å²) < 4.78 is 6.07. The zero-order chi connectivity index (χ0) is 23.8. The number of benzene rings is 2. The van der Waals surface area contributed by atoms with Gasteiger partial charge in [-0.3, -0.25) is 4.79 Å². The molecule has 1 fully saturated rings. The Morgan fingerprint density at radius 1 is 1.03 bits per heavy atom. The summed E-state index contributed by atoms with van der Waals surface area (Å²) in [6.07, 6.45) is 2.72. The second-order valence-corrected chi connectivity index (χ2v) is 9.80. The molecule has 1 amide bonds. The Balaban J connectivity index is 1.42. The van der Waals surface area contributed by atoms with Gasteiger partial charge in [0.05, 0.1) is 6.42 Å². The normalized spacial score (nSPS) is 20.8. The molecule has 2 heterocycles. The van der Waals surface area contributed by atoms with Crippen molar-refractivity contribution < 1.29 is 19.4 Å². The van der Waals surface area contributed by atoms with Crippen molar-refractivity contribution in [1.82, 2.24) is 10.2 Å². The topological polar surface area (TPSA) is 78.9 Å². The van der Waals surface area contributed by atoms with E-state index in [1.165, 1.54) is 11.8 Å². The molecule has 34 heavy (non-hydrogen) atoms. The number of ether oxygens (including phenoxy) is 1. The van der Waals surface area contributed by atoms with Crippen molar-refractivity contribution in [2.75, 3.05) is 26.2 Å². The van der Waals surface area contributed by atoms with Crippen LogP contribution >= 0.6 is 11.8 Å². The fraction of sp³-hybridized carbons (Fsp3) is 0.407. The number of rotatable bonds is 9. The third kappa shape index (κ3) is 6.02. The average molecular weight is 481 g/mol. The standard InChI is InChI=1S/C27H32N2O4S/c30-23-19-27(22-11-5-2-6-12-22,14-8-7-13-24(31)29-17-15-28-16-18-29)33-26(32)25(23)34-20-21-9-3-1-4-10-21/h1-6,9-12,28,30H,7-8,13-20H2. The molecule has 2 aliphatic heterocycles. The average Bonchev–Trinajstić information content (AvgIpc) is 2.88. The van der Waals surface area contributed by atoms with Gasteiger partial charge in [-0.25, -0.2) is 4.79 Å². The molecule has 2 aliphatic rings. The minimum Gasteiger partial charge on any atom is -0.511 e. The zero-order valence-corrected chi connectivity index (χ0v) is 20.2. The van der Waals surface area contributed by atoms with Crippen LogP contribution in [-0.2, 0) is 25.7 Å². The molecule has 0 saturated carbocycles. The number of thioether (sulfide) groups is 1. The lowest BCUT2D eigenvalue weighted by Crippen LogP contribution is -2.46. The van der Waals surface area contributed by atoms with E-state index in [0.29, 0.717) is 18.6 Å². The van der Waals surface area contributed by atoms with Crippen LogP contribution in [0.3, 0.4) is 0 Å². The van der Waals surface area contributed by atoms with E-state index in [1.54, 1.807) is 0 Å². The summed E-state index contributed by atoms with van der Waals surface area (Å²) in [6, 6.07) is 19.5. The van der Waals surface area contributed by atoms with Crippen LogP contribution in [0.25, 0.3) is 0 Å². The predicted octanol–water partition coefficient (Wildman–Crippen LogP) is 4.52. The SMILES string of the molecule is O=C1OC(CCCCC(=O)N2CCNCC2)(c2ccccc2)CC(O)=C1SCc1ccccc1. The second-order valence-electron chi connectivity index (χ2n) is 8.81. The van der Waals surface area contributed by atoms with Gasteiger partial charge < -0.3 is 20.1 Å². The molecule has 0 aromatic heterocycles. The first-order valence-electron chi connectivity index (χ1n) is 11.9. The van der Waals surface area contributed by atoms with Crippen molar-refractivity contribution in [3.8, 4) is 0 Å². The number of nitrogens with zero attached hydrogens (tertiary/aromatic N) is 1. The first kappa shape index (κ1) is 24.4. The van der Waals surface area contributed by atoms with Crippen molar-refractivity contribution in [1.29, 1.82) is 0 Å². The Hall–Kier alpha value is -2.77. The van der Waals surface area contributed by atoms with Gasteiger partial charge in [-0.1, -0.05) is 60.7 Å². The number of aliphatic hydroxyl groups is 1. The molecule has 0 radical (unpaired) electrons. The first-order chi connectivity index (χ1) is 16.6. The van der Waals surface area contributed by atoms with Crippen molar-refractivity contribution in [3.63, 3.8) is 0 Å². The lowest BCUT2D eigenvalue weighted by molar-refractivity contribution is -0.160. The fourth-order valence-corrected chi connectivity index (χ4v) is 5.45. The van der Waals surface area contributed by atoms with E-state index in [4.69, 9.17) is 4.74 Å². The van der Waals surface area contributed by atoms with Crippen molar-refractivity contribution in [2.45, 2.75) is 43.5 Å². The van der Waals surface area contributed by atoms with Gasteiger partial charge >= 0.3 is 5.97 Å². The minimum atomic E-state index is -0.919. The number of unbranched alkanes of at least 4 members (excludes halogenated alkanes) is 1. The summed E-state index contributed by atoms with van der Waals surface area (Å²) in [4.78, 5) is 27.7. The number of aliphatic hydroxyl groups excluding tert-OH is 1. The van der Waals surface area contributed by atoms with Crippen LogP contribution in [0.15, 0.2) is 71.3 Å². The van der Waals surface area contributed by atoms with Crippen LogP contribution in [0.4, 0.5) is 0 Å². The molecule has 2 N–H and O–H groups in total. The van der Waals surface area contributed by atoms with E-state index in [2.05, 4.69) is 5.32 Å². The Bertz CT molecular complexity index is 1010. The fourth-order valence-electron chi connectivity index (χ4n) is 4.55. The molecule has 2 aromatic rings. The van der Waals surface area contributed by atoms with E-state index in [-0.39, 0.29) is 23.0 Å². The van der Waals surface area contributed by atoms with Crippen LogP contribution in [-0.4, -0.2) is 48.1 Å². The quantitative estimate of drug-likeness (QED) is 0.406. The molecular formula is C27H32N2O4S. The lowest BCUT2D eigenvalue weighted by atomic mass is 9.83. The Kier molecular flexibility index (Phi) is 8.29. The highest BCUT2D eigenvalue weighted by atomic mass is 32.2. The van der Waals surface area contributed by atoms with Gasteiger partial charge in [0.25, 0.3) is 0 Å². The maximum absolute atomic E-state index is 13.0. The van der Waals surface area contributed by atoms with E-state index in [9.17, 15) is 14.7 Å². The maximum atomic E-state index is 13.0. The zero-order valence-electron chi connectivity index (χ0n) is 19.4. The van der Waals surface area contributed by atoms with Crippen LogP contribution in [0.5, 0.6) is 0 Å². The second kappa shape index (κ2) is 11.6. The summed E-state index contributed by atoms with van der Waals surface area (Å²) >= 11 is 1.31. The van der Waals surface area contributed by atoms with Crippen molar-refractivity contribution in [3.05, 3.63) is 82.5 Å². The van der Waals surface area contributed by atoms with Gasteiger partial charge in [0.2, 0.25) is 5.91 Å². The van der Waals surface area contributed by atoms with E-state index in [1.807, 2.05) is 65.6 Å². The smallest absolute Gasteiger partial charge is 0.348 e. The number of amides is 1. The Morgan fingerprint density at radius 3 is 2.38 bits per heavy atom. The van der Waals surface area contributed by atoms with E-state index < -0.39 is 11.6 Å². The number of nitrogens with one attached hydrogen (secondary N) is 1. The third-order valence-electron chi connectivity index (χ3n) is 6.41. The molecule has 0 aliphatic carbocycles. The summed E-state index contributed by atoms with van der Waals surface area (Å²) in [5.74, 6) is 0.364. The van der Waals surface area contributed by atoms with Crippen LogP contribution in [0.2, 0.25) is 0 Å². The number of carbonyl (C=O) groups excluding carboxylic acids is 2. The van der Waals surface area contributed by atoms with E-state index >= 15 is 0 Å². The molecule has 6 nitrogen and oxygen atoms in total. The number of esters is 1. The molecule has 0 spiro atoms. The molecule has 180 valence electrons. The minimum absolute atomic E-state index is 0.0814. The van der Waals surface area contributed by atoms with Gasteiger partial charge in [-0.15, -0.1) is 11.8 Å². The third-order valence-corrected chi connectivity index (χ3v) is 7.57. The largest absolute Gasteiger partial charge is 0.511 e. The van der Waals surface area contributed by atoms with Gasteiger partial charge in [-0.2, -0.15) is 0 Å². The van der Waals surface area contributed by atoms with Gasteiger partial charge in [0, 0.05) is 38.4 Å². The number of piperazine rings is 1. The molecule has 1 saturated heterocycles. The molecule has 2 aromatic carbocycles. The highest BCUT2D eigenvalue weighted by Crippen LogP contribution is 2.44. The van der Waals surface area contributed by atoms with Crippen LogP contribution in [0, 0.1) is 0 Å². The molecular weight excluding hydrogens is 448 g/mol. The monoisotopic (exact) mass is 480 g/mol. The number of hydrogen-bond donors (Lipinski definition) is 2. The van der Waals surface area contributed by atoms with Crippen molar-refractivity contribution >= 4 is 23.6 Å². The maximum Gasteiger partial charge on any atom is 0.348 e. The molecule has 0 bridgehead atoms. The van der Waals surface area contributed by atoms with Crippen LogP contribution in [0.1, 0.15) is 43.2 Å². The van der Waals surface area contributed by atoms with Gasteiger partial charge in [0.1, 0.15) is 16.3 Å². The van der Waals surface area contributed by atoms with Crippen LogP contribution < -0.4 is 5.32 Å². The molecule has 4 rings (SSSR count). The Labute approximate surface area is 205 Å². The first-order valence-corrected chi connectivity index (χ1v) is 12.9. The summed E-state index contributed by atoms with van der Waals surface area (Å²) in [5, 5.41) is 14.2. The Morgan fingerprint density at radius 2 is 1.71 bits per heavy atom. The molecule has 1 unspecified atom stereocenters. The molecule has 1 atom stereocenters.